The van der Waals surface area contributed by atoms with E-state index in [1.807, 2.05) is 0 Å². The molecule has 1 aliphatic rings. The maximum Gasteiger partial charge on any atom is 0.324 e. The Labute approximate surface area is 107 Å². The molecule has 2 rings (SSSR count). The Balaban J connectivity index is 2.44. The lowest BCUT2D eigenvalue weighted by molar-refractivity contribution is -0.384. The molecule has 0 aromatic heterocycles. The van der Waals surface area contributed by atoms with Crippen LogP contribution in [0.3, 0.4) is 0 Å². The highest BCUT2D eigenvalue weighted by Crippen LogP contribution is 2.30. The number of hydrogen-bond acceptors (Lipinski definition) is 6. The summed E-state index contributed by atoms with van der Waals surface area (Å²) in [6, 6.07) is 3.32. The highest BCUT2D eigenvalue weighted by molar-refractivity contribution is 6.34. The number of ketones is 2. The van der Waals surface area contributed by atoms with Crippen LogP contribution in [0.1, 0.15) is 27.6 Å². The number of nitrogens with zero attached hydrogens (tertiary/aromatic N) is 1. The number of esters is 1. The van der Waals surface area contributed by atoms with E-state index >= 15 is 0 Å². The second-order valence-electron chi connectivity index (χ2n) is 3.90. The van der Waals surface area contributed by atoms with Crippen LogP contribution < -0.4 is 0 Å². The minimum atomic E-state index is -1.53. The topological polar surface area (TPSA) is 104 Å². The van der Waals surface area contributed by atoms with E-state index in [1.54, 1.807) is 6.92 Å². The van der Waals surface area contributed by atoms with Crippen LogP contribution in [-0.2, 0) is 9.53 Å². The van der Waals surface area contributed by atoms with E-state index in [4.69, 9.17) is 0 Å². The van der Waals surface area contributed by atoms with Crippen molar-refractivity contribution in [2.45, 2.75) is 6.92 Å². The fourth-order valence-corrected chi connectivity index (χ4v) is 1.93. The average molecular weight is 263 g/mol. The SMILES string of the molecule is CCOC(=O)C1C(=O)c2ccc([N+](=O)[O-])cc2C1=O. The first-order chi connectivity index (χ1) is 8.97. The molecule has 0 spiro atoms. The lowest BCUT2D eigenvalue weighted by Crippen LogP contribution is -2.27. The molecule has 0 bridgehead atoms. The van der Waals surface area contributed by atoms with Gasteiger partial charge in [0.05, 0.1) is 11.5 Å². The molecule has 0 amide bonds. The number of carbonyl (C=O) groups excluding carboxylic acids is 3. The lowest BCUT2D eigenvalue weighted by Gasteiger charge is -2.05. The number of nitro groups is 1. The third kappa shape index (κ3) is 1.99. The molecule has 1 atom stereocenters. The quantitative estimate of drug-likeness (QED) is 0.350. The van der Waals surface area contributed by atoms with E-state index in [-0.39, 0.29) is 23.4 Å². The van der Waals surface area contributed by atoms with Gasteiger partial charge in [0.15, 0.2) is 17.5 Å². The van der Waals surface area contributed by atoms with E-state index in [1.165, 1.54) is 6.07 Å². The van der Waals surface area contributed by atoms with Gasteiger partial charge in [0.1, 0.15) is 0 Å². The third-order valence-electron chi connectivity index (χ3n) is 2.79. The number of nitro benzene ring substituents is 1. The van der Waals surface area contributed by atoms with Crippen LogP contribution in [0.2, 0.25) is 0 Å². The highest BCUT2D eigenvalue weighted by atomic mass is 16.6. The van der Waals surface area contributed by atoms with Gasteiger partial charge in [-0.05, 0) is 13.0 Å². The average Bonchev–Trinajstić information content (AvgIpc) is 2.62. The van der Waals surface area contributed by atoms with Crippen LogP contribution in [0.5, 0.6) is 0 Å². The van der Waals surface area contributed by atoms with Gasteiger partial charge in [0, 0.05) is 23.3 Å². The largest absolute Gasteiger partial charge is 0.465 e. The Kier molecular flexibility index (Phi) is 3.12. The summed E-state index contributed by atoms with van der Waals surface area (Å²) in [5.74, 6) is -3.87. The molecule has 0 N–H and O–H groups in total. The lowest BCUT2D eigenvalue weighted by atomic mass is 10.0. The summed E-state index contributed by atoms with van der Waals surface area (Å²) in [6.45, 7) is 1.60. The fourth-order valence-electron chi connectivity index (χ4n) is 1.93. The molecule has 7 heteroatoms. The molecule has 19 heavy (non-hydrogen) atoms. The molecule has 0 saturated carbocycles. The molecule has 0 heterocycles. The van der Waals surface area contributed by atoms with E-state index in [9.17, 15) is 24.5 Å². The van der Waals surface area contributed by atoms with Crippen LogP contribution in [-0.4, -0.2) is 29.1 Å². The number of rotatable bonds is 3. The number of carbonyl (C=O) groups is 3. The molecule has 7 nitrogen and oxygen atoms in total. The van der Waals surface area contributed by atoms with Gasteiger partial charge in [-0.25, -0.2) is 0 Å². The molecule has 0 radical (unpaired) electrons. The van der Waals surface area contributed by atoms with Crippen LogP contribution >= 0.6 is 0 Å². The van der Waals surface area contributed by atoms with Gasteiger partial charge >= 0.3 is 5.97 Å². The zero-order valence-electron chi connectivity index (χ0n) is 9.91. The number of benzene rings is 1. The summed E-state index contributed by atoms with van der Waals surface area (Å²) in [7, 11) is 0. The van der Waals surface area contributed by atoms with Crippen molar-refractivity contribution in [3.05, 3.63) is 39.4 Å². The van der Waals surface area contributed by atoms with Crippen LogP contribution in [0, 0.1) is 16.0 Å². The minimum Gasteiger partial charge on any atom is -0.465 e. The Hall–Kier alpha value is -2.57. The number of hydrogen-bond donors (Lipinski definition) is 0. The Morgan fingerprint density at radius 3 is 2.53 bits per heavy atom. The Morgan fingerprint density at radius 2 is 1.95 bits per heavy atom. The smallest absolute Gasteiger partial charge is 0.324 e. The van der Waals surface area contributed by atoms with E-state index < -0.39 is 28.4 Å². The minimum absolute atomic E-state index is 0.0219. The van der Waals surface area contributed by atoms with Gasteiger partial charge in [0.25, 0.3) is 5.69 Å². The number of ether oxygens (including phenoxy) is 1. The first-order valence-corrected chi connectivity index (χ1v) is 5.51. The van der Waals surface area contributed by atoms with E-state index in [0.29, 0.717) is 0 Å². The fraction of sp³-hybridized carbons (Fsp3) is 0.250. The number of non-ortho nitro benzene ring substituents is 1. The molecule has 1 aromatic rings. The van der Waals surface area contributed by atoms with Crippen molar-refractivity contribution in [3.8, 4) is 0 Å². The van der Waals surface area contributed by atoms with Crippen molar-refractivity contribution in [2.24, 2.45) is 5.92 Å². The van der Waals surface area contributed by atoms with Crippen molar-refractivity contribution in [3.63, 3.8) is 0 Å². The standard InChI is InChI=1S/C12H9NO6/c1-2-19-12(16)9-10(14)7-4-3-6(13(17)18)5-8(7)11(9)15/h3-5,9H,2H2,1H3. The normalized spacial score (nSPS) is 17.2. The van der Waals surface area contributed by atoms with Crippen molar-refractivity contribution < 1.29 is 24.0 Å². The Morgan fingerprint density at radius 1 is 1.32 bits per heavy atom. The van der Waals surface area contributed by atoms with Gasteiger partial charge in [0.2, 0.25) is 0 Å². The predicted octanol–water partition coefficient (Wildman–Crippen LogP) is 1.15. The first-order valence-electron chi connectivity index (χ1n) is 5.51. The Bertz CT molecular complexity index is 606. The van der Waals surface area contributed by atoms with Crippen molar-refractivity contribution in [2.75, 3.05) is 6.61 Å². The summed E-state index contributed by atoms with van der Waals surface area (Å²) >= 11 is 0. The number of fused-ring (bicyclic) bond motifs is 1. The summed E-state index contributed by atoms with van der Waals surface area (Å²) < 4.78 is 4.66. The van der Waals surface area contributed by atoms with Crippen LogP contribution in [0.4, 0.5) is 5.69 Å². The van der Waals surface area contributed by atoms with E-state index in [2.05, 4.69) is 4.74 Å². The van der Waals surface area contributed by atoms with Crippen LogP contribution in [0.25, 0.3) is 0 Å². The molecule has 1 unspecified atom stereocenters. The second kappa shape index (κ2) is 4.60. The second-order valence-corrected chi connectivity index (χ2v) is 3.90. The van der Waals surface area contributed by atoms with Gasteiger partial charge in [-0.2, -0.15) is 0 Å². The molecule has 1 aromatic carbocycles. The van der Waals surface area contributed by atoms with Gasteiger partial charge in [-0.15, -0.1) is 0 Å². The van der Waals surface area contributed by atoms with Crippen molar-refractivity contribution >= 4 is 23.2 Å². The monoisotopic (exact) mass is 263 g/mol. The molecule has 98 valence electrons. The molecule has 0 aliphatic heterocycles. The summed E-state index contributed by atoms with van der Waals surface area (Å²) in [5, 5.41) is 10.6. The predicted molar refractivity (Wildman–Crippen MR) is 61.9 cm³/mol. The van der Waals surface area contributed by atoms with E-state index in [0.717, 1.165) is 12.1 Å². The summed E-state index contributed by atoms with van der Waals surface area (Å²) in [6.07, 6.45) is 0. The first kappa shape index (κ1) is 12.9. The van der Waals surface area contributed by atoms with Crippen LogP contribution in [0.15, 0.2) is 18.2 Å². The van der Waals surface area contributed by atoms with Crippen molar-refractivity contribution in [1.82, 2.24) is 0 Å². The number of Topliss-reactive ketones (excluding diaryl/α,β-unsaturated/α-hetero) is 2. The van der Waals surface area contributed by atoms with Gasteiger partial charge < -0.3 is 4.74 Å². The summed E-state index contributed by atoms with van der Waals surface area (Å²) in [4.78, 5) is 45.4. The zero-order valence-corrected chi connectivity index (χ0v) is 9.91. The third-order valence-corrected chi connectivity index (χ3v) is 2.79. The molecular weight excluding hydrogens is 254 g/mol. The maximum atomic E-state index is 12.0. The van der Waals surface area contributed by atoms with Gasteiger partial charge in [-0.1, -0.05) is 0 Å². The maximum absolute atomic E-state index is 12.0. The zero-order chi connectivity index (χ0) is 14.2. The highest BCUT2D eigenvalue weighted by Gasteiger charge is 2.45. The molecule has 0 saturated heterocycles. The summed E-state index contributed by atoms with van der Waals surface area (Å²) in [5.41, 5.74) is -0.379. The van der Waals surface area contributed by atoms with Gasteiger partial charge in [-0.3, -0.25) is 24.5 Å². The molecule has 0 fully saturated rings. The molecular formula is C12H9NO6. The molecule has 1 aliphatic carbocycles. The van der Waals surface area contributed by atoms with Crippen molar-refractivity contribution in [1.29, 1.82) is 0 Å².